The van der Waals surface area contributed by atoms with Crippen LogP contribution in [-0.2, 0) is 0 Å². The summed E-state index contributed by atoms with van der Waals surface area (Å²) in [6.45, 7) is 3.88. The van der Waals surface area contributed by atoms with Crippen molar-refractivity contribution < 1.29 is 4.79 Å². The molecule has 0 spiro atoms. The Morgan fingerprint density at radius 3 is 2.68 bits per heavy atom. The Balaban J connectivity index is 1.70. The van der Waals surface area contributed by atoms with Gasteiger partial charge in [-0.3, -0.25) is 9.78 Å². The Bertz CT molecular complexity index is 454. The van der Waals surface area contributed by atoms with Gasteiger partial charge in [0.1, 0.15) is 5.69 Å². The first-order valence-corrected chi connectivity index (χ1v) is 7.46. The maximum absolute atomic E-state index is 11.2. The lowest BCUT2D eigenvalue weighted by atomic mass is 9.75. The van der Waals surface area contributed by atoms with Crippen LogP contribution in [0.25, 0.3) is 0 Å². The van der Waals surface area contributed by atoms with E-state index in [1.54, 1.807) is 6.92 Å². The molecule has 3 nitrogen and oxygen atoms in total. The zero-order chi connectivity index (χ0) is 13.2. The Morgan fingerprint density at radius 1 is 1.21 bits per heavy atom. The first-order valence-electron chi connectivity index (χ1n) is 7.46. The van der Waals surface area contributed by atoms with Crippen LogP contribution in [0.4, 0.5) is 5.69 Å². The van der Waals surface area contributed by atoms with Crippen LogP contribution in [0.15, 0.2) is 18.3 Å². The van der Waals surface area contributed by atoms with Crippen molar-refractivity contribution in [3.05, 3.63) is 24.0 Å². The van der Waals surface area contributed by atoms with Crippen molar-refractivity contribution in [1.82, 2.24) is 4.98 Å². The number of aromatic nitrogens is 1. The molecule has 1 aromatic rings. The second kappa shape index (κ2) is 5.32. The highest BCUT2D eigenvalue weighted by Gasteiger charge is 2.31. The molecule has 1 aromatic heterocycles. The first kappa shape index (κ1) is 12.6. The number of carbonyl (C=O) groups excluding carboxylic acids is 1. The molecule has 3 rings (SSSR count). The van der Waals surface area contributed by atoms with Crippen LogP contribution in [0.1, 0.15) is 49.5 Å². The second-order valence-electron chi connectivity index (χ2n) is 6.00. The van der Waals surface area contributed by atoms with Crippen LogP contribution in [0.2, 0.25) is 0 Å². The summed E-state index contributed by atoms with van der Waals surface area (Å²) in [6.07, 6.45) is 8.83. The minimum atomic E-state index is 0.0394. The van der Waals surface area contributed by atoms with Crippen molar-refractivity contribution in [3.8, 4) is 0 Å². The highest BCUT2D eigenvalue weighted by atomic mass is 16.1. The number of rotatable bonds is 2. The van der Waals surface area contributed by atoms with E-state index >= 15 is 0 Å². The Hall–Kier alpha value is -1.38. The van der Waals surface area contributed by atoms with Gasteiger partial charge in [0.15, 0.2) is 5.78 Å². The van der Waals surface area contributed by atoms with Gasteiger partial charge < -0.3 is 4.90 Å². The van der Waals surface area contributed by atoms with E-state index in [1.807, 2.05) is 18.3 Å². The molecule has 0 amide bonds. The van der Waals surface area contributed by atoms with Crippen LogP contribution in [0.5, 0.6) is 0 Å². The smallest absolute Gasteiger partial charge is 0.178 e. The number of pyridine rings is 1. The van der Waals surface area contributed by atoms with Gasteiger partial charge in [0.2, 0.25) is 0 Å². The van der Waals surface area contributed by atoms with Gasteiger partial charge in [-0.05, 0) is 36.8 Å². The van der Waals surface area contributed by atoms with Crippen LogP contribution >= 0.6 is 0 Å². The molecule has 102 valence electrons. The van der Waals surface area contributed by atoms with E-state index in [0.717, 1.165) is 18.4 Å². The summed E-state index contributed by atoms with van der Waals surface area (Å²) in [5, 5.41) is 0. The van der Waals surface area contributed by atoms with Crippen molar-refractivity contribution in [1.29, 1.82) is 0 Å². The predicted octanol–water partition coefficient (Wildman–Crippen LogP) is 3.30. The fourth-order valence-corrected chi connectivity index (χ4v) is 3.62. The quantitative estimate of drug-likeness (QED) is 0.763. The fourth-order valence-electron chi connectivity index (χ4n) is 3.62. The number of Topliss-reactive ketones (excluding diaryl/α,β-unsaturated/α-hetero) is 1. The Morgan fingerprint density at radius 2 is 2.00 bits per heavy atom. The number of hydrogen-bond donors (Lipinski definition) is 0. The van der Waals surface area contributed by atoms with E-state index < -0.39 is 0 Å². The third-order valence-electron chi connectivity index (χ3n) is 4.76. The molecule has 1 aliphatic carbocycles. The highest BCUT2D eigenvalue weighted by molar-refractivity contribution is 5.92. The van der Waals surface area contributed by atoms with Crippen LogP contribution < -0.4 is 4.90 Å². The summed E-state index contributed by atoms with van der Waals surface area (Å²) < 4.78 is 0. The maximum atomic E-state index is 11.2. The first-order chi connectivity index (χ1) is 9.24. The predicted molar refractivity (Wildman–Crippen MR) is 76.5 cm³/mol. The maximum Gasteiger partial charge on any atom is 0.178 e. The summed E-state index contributed by atoms with van der Waals surface area (Å²) in [6, 6.07) is 3.90. The summed E-state index contributed by atoms with van der Waals surface area (Å²) >= 11 is 0. The molecule has 1 aliphatic heterocycles. The molecule has 0 radical (unpaired) electrons. The number of fused-ring (bicyclic) bond motifs is 1. The van der Waals surface area contributed by atoms with Crippen LogP contribution in [0.3, 0.4) is 0 Å². The van der Waals surface area contributed by atoms with Gasteiger partial charge >= 0.3 is 0 Å². The highest BCUT2D eigenvalue weighted by Crippen LogP contribution is 2.37. The largest absolute Gasteiger partial charge is 0.370 e. The normalized spacial score (nSPS) is 26.9. The number of anilines is 1. The lowest BCUT2D eigenvalue weighted by molar-refractivity contribution is 0.101. The zero-order valence-corrected chi connectivity index (χ0v) is 11.6. The van der Waals surface area contributed by atoms with Crippen molar-refractivity contribution >= 4 is 11.5 Å². The molecular formula is C16H22N2O. The Kier molecular flexibility index (Phi) is 3.54. The van der Waals surface area contributed by atoms with Crippen molar-refractivity contribution in [3.63, 3.8) is 0 Å². The SMILES string of the molecule is CC(=O)c1ccc(N2CCC3CCCCC3C2)cn1. The Labute approximate surface area is 115 Å². The summed E-state index contributed by atoms with van der Waals surface area (Å²) in [5.41, 5.74) is 1.74. The van der Waals surface area contributed by atoms with E-state index in [-0.39, 0.29) is 5.78 Å². The molecule has 1 saturated heterocycles. The molecule has 0 bridgehead atoms. The fraction of sp³-hybridized carbons (Fsp3) is 0.625. The zero-order valence-electron chi connectivity index (χ0n) is 11.6. The van der Waals surface area contributed by atoms with Crippen molar-refractivity contribution in [2.24, 2.45) is 11.8 Å². The summed E-state index contributed by atoms with van der Waals surface area (Å²) in [4.78, 5) is 18.0. The molecule has 0 aromatic carbocycles. The average molecular weight is 258 g/mol. The van der Waals surface area contributed by atoms with E-state index in [4.69, 9.17) is 0 Å². The molecule has 2 fully saturated rings. The lowest BCUT2D eigenvalue weighted by Gasteiger charge is -2.42. The standard InChI is InChI=1S/C16H22N2O/c1-12(19)16-7-6-15(10-17-16)18-9-8-13-4-2-3-5-14(13)11-18/h6-7,10,13-14H,2-5,8-9,11H2,1H3. The van der Waals surface area contributed by atoms with Crippen molar-refractivity contribution in [2.75, 3.05) is 18.0 Å². The van der Waals surface area contributed by atoms with Gasteiger partial charge in [-0.15, -0.1) is 0 Å². The van der Waals surface area contributed by atoms with Gasteiger partial charge in [0, 0.05) is 20.0 Å². The van der Waals surface area contributed by atoms with E-state index in [2.05, 4.69) is 9.88 Å². The number of carbonyl (C=O) groups is 1. The monoisotopic (exact) mass is 258 g/mol. The molecule has 1 saturated carbocycles. The van der Waals surface area contributed by atoms with E-state index in [1.165, 1.54) is 44.3 Å². The molecule has 2 aliphatic rings. The summed E-state index contributed by atoms with van der Waals surface area (Å²) in [5.74, 6) is 1.86. The van der Waals surface area contributed by atoms with Gasteiger partial charge in [0.05, 0.1) is 11.9 Å². The topological polar surface area (TPSA) is 33.2 Å². The molecule has 0 N–H and O–H groups in total. The molecular weight excluding hydrogens is 236 g/mol. The number of hydrogen-bond acceptors (Lipinski definition) is 3. The summed E-state index contributed by atoms with van der Waals surface area (Å²) in [7, 11) is 0. The minimum Gasteiger partial charge on any atom is -0.370 e. The third kappa shape index (κ3) is 2.65. The van der Waals surface area contributed by atoms with E-state index in [9.17, 15) is 4.79 Å². The van der Waals surface area contributed by atoms with E-state index in [0.29, 0.717) is 5.69 Å². The van der Waals surface area contributed by atoms with Gasteiger partial charge in [-0.1, -0.05) is 19.3 Å². The third-order valence-corrected chi connectivity index (χ3v) is 4.76. The number of nitrogens with zero attached hydrogens (tertiary/aromatic N) is 2. The second-order valence-corrected chi connectivity index (χ2v) is 6.00. The molecule has 2 unspecified atom stereocenters. The van der Waals surface area contributed by atoms with Gasteiger partial charge in [0.25, 0.3) is 0 Å². The lowest BCUT2D eigenvalue weighted by Crippen LogP contribution is -2.41. The van der Waals surface area contributed by atoms with Gasteiger partial charge in [-0.25, -0.2) is 0 Å². The minimum absolute atomic E-state index is 0.0394. The molecule has 2 atom stereocenters. The average Bonchev–Trinajstić information content (AvgIpc) is 2.47. The van der Waals surface area contributed by atoms with Crippen LogP contribution in [0, 0.1) is 11.8 Å². The van der Waals surface area contributed by atoms with Crippen LogP contribution in [-0.4, -0.2) is 23.9 Å². The number of piperidine rings is 1. The van der Waals surface area contributed by atoms with Gasteiger partial charge in [-0.2, -0.15) is 0 Å². The van der Waals surface area contributed by atoms with Crippen molar-refractivity contribution in [2.45, 2.75) is 39.0 Å². The molecule has 19 heavy (non-hydrogen) atoms. The molecule has 2 heterocycles. The molecule has 3 heteroatoms. The number of ketones is 1.